The van der Waals surface area contributed by atoms with Crippen LogP contribution in [0, 0.1) is 0 Å². The lowest BCUT2D eigenvalue weighted by molar-refractivity contribution is -0.145. The first kappa shape index (κ1) is 16.6. The van der Waals surface area contributed by atoms with E-state index in [9.17, 15) is 9.90 Å². The zero-order valence-corrected chi connectivity index (χ0v) is 14.3. The lowest BCUT2D eigenvalue weighted by atomic mass is 9.69. The van der Waals surface area contributed by atoms with Crippen molar-refractivity contribution in [1.29, 1.82) is 0 Å². The molecule has 1 atom stereocenters. The van der Waals surface area contributed by atoms with Crippen LogP contribution in [-0.4, -0.2) is 42.2 Å². The minimum absolute atomic E-state index is 0.159. The third-order valence-corrected chi connectivity index (χ3v) is 5.54. The van der Waals surface area contributed by atoms with Crippen molar-refractivity contribution in [2.45, 2.75) is 50.0 Å². The summed E-state index contributed by atoms with van der Waals surface area (Å²) in [6.45, 7) is 1.93. The zero-order valence-electron chi connectivity index (χ0n) is 13.6. The van der Waals surface area contributed by atoms with Crippen LogP contribution in [-0.2, 0) is 10.2 Å². The third kappa shape index (κ3) is 3.33. The Morgan fingerprint density at radius 1 is 1.35 bits per heavy atom. The van der Waals surface area contributed by atoms with Gasteiger partial charge in [-0.2, -0.15) is 0 Å². The standard InChI is InChI=1S/C18H24ClNO3/c1-20-10-7-14(12-20)23-16-6-5-13(11-15(16)19)18(17(21)22)8-3-2-4-9-18/h5-6,11,14H,2-4,7-10,12H2,1H3,(H,21,22). The fraction of sp³-hybridized carbons (Fsp3) is 0.611. The molecule has 23 heavy (non-hydrogen) atoms. The summed E-state index contributed by atoms with van der Waals surface area (Å²) in [4.78, 5) is 14.1. The molecule has 2 aliphatic rings. The van der Waals surface area contributed by atoms with Crippen LogP contribution in [0.25, 0.3) is 0 Å². The van der Waals surface area contributed by atoms with E-state index in [2.05, 4.69) is 11.9 Å². The number of hydrogen-bond donors (Lipinski definition) is 1. The monoisotopic (exact) mass is 337 g/mol. The van der Waals surface area contributed by atoms with Gasteiger partial charge in [0, 0.05) is 13.1 Å². The molecular formula is C18H24ClNO3. The van der Waals surface area contributed by atoms with Crippen molar-refractivity contribution in [3.05, 3.63) is 28.8 Å². The molecule has 1 unspecified atom stereocenters. The summed E-state index contributed by atoms with van der Waals surface area (Å²) < 4.78 is 5.99. The highest BCUT2D eigenvalue weighted by Gasteiger charge is 2.41. The molecule has 4 nitrogen and oxygen atoms in total. The summed E-state index contributed by atoms with van der Waals surface area (Å²) in [6, 6.07) is 5.53. The number of likely N-dealkylation sites (tertiary alicyclic amines) is 1. The fourth-order valence-electron chi connectivity index (χ4n) is 3.85. The largest absolute Gasteiger partial charge is 0.487 e. The Kier molecular flexibility index (Phi) is 4.83. The molecule has 1 aromatic rings. The number of carboxylic acid groups (broad SMARTS) is 1. The van der Waals surface area contributed by atoms with Crippen molar-refractivity contribution in [3.8, 4) is 5.75 Å². The van der Waals surface area contributed by atoms with E-state index in [1.807, 2.05) is 12.1 Å². The van der Waals surface area contributed by atoms with Gasteiger partial charge in [-0.15, -0.1) is 0 Å². The molecule has 0 aromatic heterocycles. The SMILES string of the molecule is CN1CCC(Oc2ccc(C3(C(=O)O)CCCCC3)cc2Cl)C1. The van der Waals surface area contributed by atoms with E-state index in [1.165, 1.54) is 0 Å². The molecule has 1 saturated carbocycles. The third-order valence-electron chi connectivity index (χ3n) is 5.24. The van der Waals surface area contributed by atoms with Gasteiger partial charge in [-0.05, 0) is 44.0 Å². The lowest BCUT2D eigenvalue weighted by Gasteiger charge is -2.34. The van der Waals surface area contributed by atoms with Crippen LogP contribution in [0.15, 0.2) is 18.2 Å². The average Bonchev–Trinajstić information content (AvgIpc) is 2.95. The molecule has 5 heteroatoms. The van der Waals surface area contributed by atoms with Crippen molar-refractivity contribution in [1.82, 2.24) is 4.90 Å². The van der Waals surface area contributed by atoms with Crippen molar-refractivity contribution < 1.29 is 14.6 Å². The summed E-state index contributed by atoms with van der Waals surface area (Å²) >= 11 is 6.40. The quantitative estimate of drug-likeness (QED) is 0.910. The topological polar surface area (TPSA) is 49.8 Å². The van der Waals surface area contributed by atoms with Crippen molar-refractivity contribution in [2.24, 2.45) is 0 Å². The van der Waals surface area contributed by atoms with E-state index in [0.717, 1.165) is 44.3 Å². The summed E-state index contributed by atoms with van der Waals surface area (Å²) in [5.74, 6) is -0.0774. The predicted molar refractivity (Wildman–Crippen MR) is 90.4 cm³/mol. The number of halogens is 1. The summed E-state index contributed by atoms with van der Waals surface area (Å²) in [7, 11) is 2.08. The molecule has 1 saturated heterocycles. The molecule has 1 heterocycles. The van der Waals surface area contributed by atoms with Crippen molar-refractivity contribution in [2.75, 3.05) is 20.1 Å². The number of hydrogen-bond acceptors (Lipinski definition) is 3. The van der Waals surface area contributed by atoms with Crippen LogP contribution >= 0.6 is 11.6 Å². The van der Waals surface area contributed by atoms with Crippen molar-refractivity contribution >= 4 is 17.6 Å². The molecule has 3 rings (SSSR count). The average molecular weight is 338 g/mol. The molecule has 0 spiro atoms. The molecule has 1 aliphatic heterocycles. The number of aliphatic carboxylic acids is 1. The van der Waals surface area contributed by atoms with Crippen LogP contribution < -0.4 is 4.74 Å². The van der Waals surface area contributed by atoms with Gasteiger partial charge in [0.2, 0.25) is 0 Å². The highest BCUT2D eigenvalue weighted by molar-refractivity contribution is 6.32. The van der Waals surface area contributed by atoms with Gasteiger partial charge in [-0.1, -0.05) is 36.9 Å². The number of rotatable bonds is 4. The Morgan fingerprint density at radius 2 is 2.09 bits per heavy atom. The van der Waals surface area contributed by atoms with Gasteiger partial charge in [0.25, 0.3) is 0 Å². The number of ether oxygens (including phenoxy) is 1. The Bertz CT molecular complexity index is 584. The van der Waals surface area contributed by atoms with Gasteiger partial charge in [0.05, 0.1) is 10.4 Å². The molecule has 1 aromatic carbocycles. The second-order valence-corrected chi connectivity index (χ2v) is 7.29. The lowest BCUT2D eigenvalue weighted by Crippen LogP contribution is -2.37. The highest BCUT2D eigenvalue weighted by atomic mass is 35.5. The van der Waals surface area contributed by atoms with E-state index < -0.39 is 11.4 Å². The first-order valence-corrected chi connectivity index (χ1v) is 8.78. The molecule has 2 fully saturated rings. The van der Waals surface area contributed by atoms with Gasteiger partial charge in [-0.3, -0.25) is 4.79 Å². The van der Waals surface area contributed by atoms with Gasteiger partial charge in [0.15, 0.2) is 0 Å². The summed E-state index contributed by atoms with van der Waals surface area (Å²) in [5.41, 5.74) is 0.0270. The Balaban J connectivity index is 1.81. The van der Waals surface area contributed by atoms with Crippen LogP contribution in [0.5, 0.6) is 5.75 Å². The van der Waals surface area contributed by atoms with Crippen LogP contribution in [0.1, 0.15) is 44.1 Å². The van der Waals surface area contributed by atoms with Crippen LogP contribution in [0.4, 0.5) is 0 Å². The number of carbonyl (C=O) groups is 1. The van der Waals surface area contributed by atoms with E-state index in [4.69, 9.17) is 16.3 Å². The number of nitrogens with zero attached hydrogens (tertiary/aromatic N) is 1. The van der Waals surface area contributed by atoms with E-state index in [1.54, 1.807) is 6.07 Å². The molecule has 1 aliphatic carbocycles. The predicted octanol–water partition coefficient (Wildman–Crippen LogP) is 3.71. The minimum Gasteiger partial charge on any atom is -0.487 e. The van der Waals surface area contributed by atoms with Crippen LogP contribution in [0.3, 0.4) is 0 Å². The Labute approximate surface area is 142 Å². The van der Waals surface area contributed by atoms with Crippen molar-refractivity contribution in [3.63, 3.8) is 0 Å². The first-order valence-electron chi connectivity index (χ1n) is 8.40. The summed E-state index contributed by atoms with van der Waals surface area (Å²) in [5, 5.41) is 10.3. The fourth-order valence-corrected chi connectivity index (χ4v) is 4.07. The number of benzene rings is 1. The maximum Gasteiger partial charge on any atom is 0.314 e. The molecule has 1 N–H and O–H groups in total. The van der Waals surface area contributed by atoms with Gasteiger partial charge in [-0.25, -0.2) is 0 Å². The van der Waals surface area contributed by atoms with Crippen LogP contribution in [0.2, 0.25) is 5.02 Å². The second kappa shape index (κ2) is 6.70. The number of likely N-dealkylation sites (N-methyl/N-ethyl adjacent to an activating group) is 1. The molecular weight excluding hydrogens is 314 g/mol. The maximum absolute atomic E-state index is 11.9. The molecule has 0 amide bonds. The smallest absolute Gasteiger partial charge is 0.314 e. The summed E-state index contributed by atoms with van der Waals surface area (Å²) in [6.07, 6.45) is 5.55. The Hall–Kier alpha value is -1.26. The highest BCUT2D eigenvalue weighted by Crippen LogP contribution is 2.42. The first-order chi connectivity index (χ1) is 11.0. The van der Waals surface area contributed by atoms with Gasteiger partial charge >= 0.3 is 5.97 Å². The number of carboxylic acids is 1. The second-order valence-electron chi connectivity index (χ2n) is 6.88. The van der Waals surface area contributed by atoms with Gasteiger partial charge in [0.1, 0.15) is 11.9 Å². The molecule has 0 radical (unpaired) electrons. The van der Waals surface area contributed by atoms with Gasteiger partial charge < -0.3 is 14.7 Å². The molecule has 0 bridgehead atoms. The molecule has 126 valence electrons. The normalized spacial score (nSPS) is 24.5. The van der Waals surface area contributed by atoms with E-state index in [-0.39, 0.29) is 6.10 Å². The minimum atomic E-state index is -0.784. The Morgan fingerprint density at radius 3 is 2.65 bits per heavy atom. The maximum atomic E-state index is 11.9. The van der Waals surface area contributed by atoms with E-state index >= 15 is 0 Å². The zero-order chi connectivity index (χ0) is 16.4. The van der Waals surface area contributed by atoms with E-state index in [0.29, 0.717) is 23.6 Å².